The molecule has 0 aromatic heterocycles. The quantitative estimate of drug-likeness (QED) is 0.427. The smallest absolute Gasteiger partial charge is 0.269 e. The summed E-state index contributed by atoms with van der Waals surface area (Å²) in [5.74, 6) is -0.0507. The van der Waals surface area contributed by atoms with Gasteiger partial charge in [0.05, 0.1) is 11.3 Å². The topological polar surface area (TPSA) is 84.3 Å². The average Bonchev–Trinajstić information content (AvgIpc) is 3.23. The maximum atomic E-state index is 11.7. The van der Waals surface area contributed by atoms with Crippen molar-refractivity contribution in [2.75, 3.05) is 13.1 Å². The van der Waals surface area contributed by atoms with Gasteiger partial charge >= 0.3 is 0 Å². The molecule has 1 aliphatic carbocycles. The van der Waals surface area contributed by atoms with Crippen molar-refractivity contribution in [2.24, 2.45) is 0 Å². The molecule has 0 heterocycles. The number of carbonyl (C=O) groups is 1. The molecular formula is C14H19N3O3. The lowest BCUT2D eigenvalue weighted by molar-refractivity contribution is -0.384. The first-order chi connectivity index (χ1) is 9.65. The van der Waals surface area contributed by atoms with Gasteiger partial charge in [-0.1, -0.05) is 12.1 Å². The number of nitro benzene ring substituents is 1. The SMILES string of the molecule is O=C(Cc1ccc([N+](=O)[O-])cc1)NCCCNC1CC1. The largest absolute Gasteiger partial charge is 0.356 e. The molecule has 1 aromatic rings. The Labute approximate surface area is 117 Å². The third-order valence-electron chi connectivity index (χ3n) is 3.20. The molecule has 6 heteroatoms. The van der Waals surface area contributed by atoms with Gasteiger partial charge in [-0.3, -0.25) is 14.9 Å². The summed E-state index contributed by atoms with van der Waals surface area (Å²) in [4.78, 5) is 21.7. The standard InChI is InChI=1S/C14H19N3O3/c18-14(16-9-1-8-15-12-4-5-12)10-11-2-6-13(7-3-11)17(19)20/h2-3,6-7,12,15H,1,4-5,8-10H2,(H,16,18). The van der Waals surface area contributed by atoms with Gasteiger partial charge in [0, 0.05) is 24.7 Å². The molecule has 6 nitrogen and oxygen atoms in total. The minimum Gasteiger partial charge on any atom is -0.356 e. The predicted molar refractivity (Wildman–Crippen MR) is 75.5 cm³/mol. The number of benzene rings is 1. The first kappa shape index (κ1) is 14.5. The summed E-state index contributed by atoms with van der Waals surface area (Å²) in [5, 5.41) is 16.7. The van der Waals surface area contributed by atoms with Crippen LogP contribution in [0.25, 0.3) is 0 Å². The zero-order valence-corrected chi connectivity index (χ0v) is 11.3. The number of non-ortho nitro benzene ring substituents is 1. The Morgan fingerprint density at radius 3 is 2.55 bits per heavy atom. The van der Waals surface area contributed by atoms with Crippen molar-refractivity contribution in [2.45, 2.75) is 31.7 Å². The van der Waals surface area contributed by atoms with Crippen LogP contribution in [-0.2, 0) is 11.2 Å². The summed E-state index contributed by atoms with van der Waals surface area (Å²) in [5.41, 5.74) is 0.824. The summed E-state index contributed by atoms with van der Waals surface area (Å²) >= 11 is 0. The van der Waals surface area contributed by atoms with Crippen molar-refractivity contribution >= 4 is 11.6 Å². The van der Waals surface area contributed by atoms with E-state index in [-0.39, 0.29) is 18.0 Å². The lowest BCUT2D eigenvalue weighted by atomic mass is 10.1. The molecule has 0 atom stereocenters. The molecule has 1 amide bonds. The van der Waals surface area contributed by atoms with E-state index in [1.807, 2.05) is 0 Å². The molecule has 0 aliphatic heterocycles. The van der Waals surface area contributed by atoms with Crippen LogP contribution in [-0.4, -0.2) is 30.0 Å². The molecule has 2 N–H and O–H groups in total. The Hall–Kier alpha value is -1.95. The second-order valence-electron chi connectivity index (χ2n) is 5.03. The first-order valence-electron chi connectivity index (χ1n) is 6.88. The monoisotopic (exact) mass is 277 g/mol. The molecule has 2 rings (SSSR count). The minimum absolute atomic E-state index is 0.0420. The Morgan fingerprint density at radius 2 is 1.95 bits per heavy atom. The molecule has 0 saturated heterocycles. The van der Waals surface area contributed by atoms with E-state index in [0.29, 0.717) is 12.6 Å². The number of rotatable bonds is 8. The Kier molecular flexibility index (Phi) is 5.06. The van der Waals surface area contributed by atoms with Gasteiger partial charge in [-0.15, -0.1) is 0 Å². The van der Waals surface area contributed by atoms with Crippen molar-refractivity contribution in [3.63, 3.8) is 0 Å². The molecule has 1 aromatic carbocycles. The van der Waals surface area contributed by atoms with Gasteiger partial charge in [-0.25, -0.2) is 0 Å². The summed E-state index contributed by atoms with van der Waals surface area (Å²) in [6.45, 7) is 1.59. The number of nitro groups is 1. The van der Waals surface area contributed by atoms with E-state index in [4.69, 9.17) is 0 Å². The molecule has 0 radical (unpaired) electrons. The lowest BCUT2D eigenvalue weighted by Gasteiger charge is -2.06. The molecule has 0 spiro atoms. The molecule has 0 unspecified atom stereocenters. The summed E-state index contributed by atoms with van der Waals surface area (Å²) in [6.07, 6.45) is 3.72. The van der Waals surface area contributed by atoms with Crippen molar-refractivity contribution in [3.8, 4) is 0 Å². The van der Waals surface area contributed by atoms with Crippen LogP contribution in [0.4, 0.5) is 5.69 Å². The maximum Gasteiger partial charge on any atom is 0.269 e. The summed E-state index contributed by atoms with van der Waals surface area (Å²) in [6, 6.07) is 6.77. The van der Waals surface area contributed by atoms with Gasteiger partial charge in [0.1, 0.15) is 0 Å². The van der Waals surface area contributed by atoms with Gasteiger partial charge in [0.25, 0.3) is 5.69 Å². The predicted octanol–water partition coefficient (Wildman–Crippen LogP) is 1.40. The van der Waals surface area contributed by atoms with Crippen LogP contribution in [0.1, 0.15) is 24.8 Å². The second kappa shape index (κ2) is 7.00. The molecule has 1 saturated carbocycles. The highest BCUT2D eigenvalue weighted by Gasteiger charge is 2.19. The normalized spacial score (nSPS) is 14.0. The van der Waals surface area contributed by atoms with Crippen LogP contribution in [0.3, 0.4) is 0 Å². The van der Waals surface area contributed by atoms with Crippen molar-refractivity contribution in [1.82, 2.24) is 10.6 Å². The highest BCUT2D eigenvalue weighted by atomic mass is 16.6. The highest BCUT2D eigenvalue weighted by molar-refractivity contribution is 5.78. The molecule has 108 valence electrons. The fourth-order valence-corrected chi connectivity index (χ4v) is 1.89. The molecule has 0 bridgehead atoms. The fraction of sp³-hybridized carbons (Fsp3) is 0.500. The fourth-order valence-electron chi connectivity index (χ4n) is 1.89. The third-order valence-corrected chi connectivity index (χ3v) is 3.20. The first-order valence-corrected chi connectivity index (χ1v) is 6.88. The highest BCUT2D eigenvalue weighted by Crippen LogP contribution is 2.18. The van der Waals surface area contributed by atoms with E-state index in [0.717, 1.165) is 18.5 Å². The van der Waals surface area contributed by atoms with Crippen molar-refractivity contribution < 1.29 is 9.72 Å². The van der Waals surface area contributed by atoms with E-state index in [9.17, 15) is 14.9 Å². The molecule has 20 heavy (non-hydrogen) atoms. The lowest BCUT2D eigenvalue weighted by Crippen LogP contribution is -2.29. The van der Waals surface area contributed by atoms with Crippen molar-refractivity contribution in [1.29, 1.82) is 0 Å². The number of nitrogens with one attached hydrogen (secondary N) is 2. The number of hydrogen-bond acceptors (Lipinski definition) is 4. The van der Waals surface area contributed by atoms with Gasteiger partial charge in [-0.2, -0.15) is 0 Å². The van der Waals surface area contributed by atoms with Crippen molar-refractivity contribution in [3.05, 3.63) is 39.9 Å². The van der Waals surface area contributed by atoms with Crippen LogP contribution in [0.5, 0.6) is 0 Å². The van der Waals surface area contributed by atoms with Crippen LogP contribution in [0.15, 0.2) is 24.3 Å². The number of amides is 1. The zero-order valence-electron chi connectivity index (χ0n) is 11.3. The Balaban J connectivity index is 1.63. The summed E-state index contributed by atoms with van der Waals surface area (Å²) in [7, 11) is 0. The number of hydrogen-bond donors (Lipinski definition) is 2. The second-order valence-corrected chi connectivity index (χ2v) is 5.03. The molecule has 1 fully saturated rings. The van der Waals surface area contributed by atoms with Gasteiger partial charge in [0.2, 0.25) is 5.91 Å². The Morgan fingerprint density at radius 1 is 1.25 bits per heavy atom. The van der Waals surface area contributed by atoms with E-state index in [2.05, 4.69) is 10.6 Å². The Bertz CT molecular complexity index is 469. The minimum atomic E-state index is -0.448. The van der Waals surface area contributed by atoms with E-state index >= 15 is 0 Å². The zero-order chi connectivity index (χ0) is 14.4. The van der Waals surface area contributed by atoms with Gasteiger partial charge < -0.3 is 10.6 Å². The van der Waals surface area contributed by atoms with E-state index < -0.39 is 4.92 Å². The van der Waals surface area contributed by atoms with Crippen LogP contribution < -0.4 is 10.6 Å². The van der Waals surface area contributed by atoms with E-state index in [1.165, 1.54) is 25.0 Å². The average molecular weight is 277 g/mol. The summed E-state index contributed by atoms with van der Waals surface area (Å²) < 4.78 is 0. The van der Waals surface area contributed by atoms with E-state index in [1.54, 1.807) is 12.1 Å². The van der Waals surface area contributed by atoms with Crippen LogP contribution in [0, 0.1) is 10.1 Å². The third kappa shape index (κ3) is 4.97. The molecule has 1 aliphatic rings. The number of nitrogens with zero attached hydrogens (tertiary/aromatic N) is 1. The van der Waals surface area contributed by atoms with Gasteiger partial charge in [-0.05, 0) is 31.4 Å². The molecular weight excluding hydrogens is 258 g/mol. The van der Waals surface area contributed by atoms with Crippen LogP contribution >= 0.6 is 0 Å². The van der Waals surface area contributed by atoms with Crippen LogP contribution in [0.2, 0.25) is 0 Å². The number of carbonyl (C=O) groups excluding carboxylic acids is 1. The maximum absolute atomic E-state index is 11.7. The van der Waals surface area contributed by atoms with Gasteiger partial charge in [0.15, 0.2) is 0 Å².